The van der Waals surface area contributed by atoms with E-state index in [0.29, 0.717) is 5.75 Å². The minimum atomic E-state index is 0.146. The highest BCUT2D eigenvalue weighted by Crippen LogP contribution is 2.34. The number of aromatic nitrogens is 4. The van der Waals surface area contributed by atoms with Crippen LogP contribution >= 0.6 is 11.8 Å². The van der Waals surface area contributed by atoms with Crippen molar-refractivity contribution in [2.45, 2.75) is 49.3 Å². The molecular weight excluding hydrogens is 250 g/mol. The summed E-state index contributed by atoms with van der Waals surface area (Å²) in [5.74, 6) is 1.68. The summed E-state index contributed by atoms with van der Waals surface area (Å²) in [6, 6.07) is 0.176. The van der Waals surface area contributed by atoms with Gasteiger partial charge in [0.05, 0.1) is 5.75 Å². The SMILES string of the molecule is O=C(CSC1CC1)NC1CCCC1c1nn[nH]n1. The van der Waals surface area contributed by atoms with Gasteiger partial charge < -0.3 is 5.32 Å². The van der Waals surface area contributed by atoms with Crippen molar-refractivity contribution in [3.8, 4) is 0 Å². The Balaban J connectivity index is 1.52. The standard InChI is InChI=1S/C11H17N5OS/c17-10(6-18-7-4-5-7)12-9-3-1-2-8(9)11-13-15-16-14-11/h7-9H,1-6H2,(H,12,17)(H,13,14,15,16). The van der Waals surface area contributed by atoms with Crippen molar-refractivity contribution >= 4 is 17.7 Å². The van der Waals surface area contributed by atoms with Crippen LogP contribution in [0, 0.1) is 0 Å². The molecule has 0 aliphatic heterocycles. The Morgan fingerprint density at radius 2 is 2.28 bits per heavy atom. The summed E-state index contributed by atoms with van der Waals surface area (Å²) in [6.07, 6.45) is 5.69. The number of carbonyl (C=O) groups excluding carboxylic acids is 1. The fourth-order valence-electron chi connectivity index (χ4n) is 2.45. The van der Waals surface area contributed by atoms with Crippen LogP contribution in [0.25, 0.3) is 0 Å². The predicted octanol–water partition coefficient (Wildman–Crippen LogP) is 0.848. The molecule has 0 radical (unpaired) electrons. The Morgan fingerprint density at radius 1 is 1.39 bits per heavy atom. The molecule has 2 N–H and O–H groups in total. The average molecular weight is 267 g/mol. The lowest BCUT2D eigenvalue weighted by molar-refractivity contribution is -0.119. The van der Waals surface area contributed by atoms with Crippen LogP contribution in [0.5, 0.6) is 0 Å². The molecule has 0 spiro atoms. The van der Waals surface area contributed by atoms with E-state index in [2.05, 4.69) is 25.9 Å². The highest BCUT2D eigenvalue weighted by atomic mass is 32.2. The number of H-pyrrole nitrogens is 1. The van der Waals surface area contributed by atoms with Gasteiger partial charge in [0.25, 0.3) is 0 Å². The van der Waals surface area contributed by atoms with Gasteiger partial charge in [-0.05, 0) is 25.7 Å². The molecular formula is C11H17N5OS. The third-order valence-corrected chi connectivity index (χ3v) is 4.90. The van der Waals surface area contributed by atoms with Crippen molar-refractivity contribution in [1.82, 2.24) is 25.9 Å². The number of hydrogen-bond donors (Lipinski definition) is 2. The first-order chi connectivity index (χ1) is 8.83. The van der Waals surface area contributed by atoms with Crippen LogP contribution in [0.1, 0.15) is 43.8 Å². The number of nitrogens with one attached hydrogen (secondary N) is 2. The predicted molar refractivity (Wildman–Crippen MR) is 68.2 cm³/mol. The second-order valence-electron chi connectivity index (χ2n) is 4.99. The quantitative estimate of drug-likeness (QED) is 0.826. The van der Waals surface area contributed by atoms with Gasteiger partial charge in [-0.1, -0.05) is 11.6 Å². The number of tetrazole rings is 1. The van der Waals surface area contributed by atoms with Crippen LogP contribution in [0.4, 0.5) is 0 Å². The molecule has 1 heterocycles. The Morgan fingerprint density at radius 3 is 3.00 bits per heavy atom. The summed E-state index contributed by atoms with van der Waals surface area (Å²) < 4.78 is 0. The van der Waals surface area contributed by atoms with E-state index < -0.39 is 0 Å². The number of amides is 1. The molecule has 18 heavy (non-hydrogen) atoms. The van der Waals surface area contributed by atoms with Gasteiger partial charge in [-0.3, -0.25) is 4.79 Å². The molecule has 1 aromatic rings. The Bertz CT molecular complexity index is 406. The van der Waals surface area contributed by atoms with Crippen molar-refractivity contribution in [2.75, 3.05) is 5.75 Å². The highest BCUT2D eigenvalue weighted by molar-refractivity contribution is 8.00. The van der Waals surface area contributed by atoms with E-state index in [1.165, 1.54) is 12.8 Å². The maximum absolute atomic E-state index is 11.9. The average Bonchev–Trinajstić information content (AvgIpc) is 2.85. The summed E-state index contributed by atoms with van der Waals surface area (Å²) in [6.45, 7) is 0. The number of nitrogens with zero attached hydrogens (tertiary/aromatic N) is 3. The lowest BCUT2D eigenvalue weighted by Gasteiger charge is -2.18. The Hall–Kier alpha value is -1.11. The summed E-state index contributed by atoms with van der Waals surface area (Å²) in [7, 11) is 0. The molecule has 1 aromatic heterocycles. The van der Waals surface area contributed by atoms with Gasteiger partial charge in [0.15, 0.2) is 5.82 Å². The smallest absolute Gasteiger partial charge is 0.230 e. The largest absolute Gasteiger partial charge is 0.352 e. The molecule has 6 nitrogen and oxygen atoms in total. The van der Waals surface area contributed by atoms with Crippen LogP contribution in [-0.4, -0.2) is 43.6 Å². The maximum Gasteiger partial charge on any atom is 0.230 e. The zero-order chi connectivity index (χ0) is 12.4. The van der Waals surface area contributed by atoms with Crippen molar-refractivity contribution in [3.63, 3.8) is 0 Å². The van der Waals surface area contributed by atoms with E-state index >= 15 is 0 Å². The van der Waals surface area contributed by atoms with Gasteiger partial charge in [-0.25, -0.2) is 0 Å². The number of aromatic amines is 1. The van der Waals surface area contributed by atoms with Gasteiger partial charge in [0.1, 0.15) is 0 Å². The van der Waals surface area contributed by atoms with Crippen molar-refractivity contribution in [1.29, 1.82) is 0 Å². The highest BCUT2D eigenvalue weighted by Gasteiger charge is 2.33. The van der Waals surface area contributed by atoms with E-state index in [1.54, 1.807) is 11.8 Å². The van der Waals surface area contributed by atoms with E-state index in [0.717, 1.165) is 30.3 Å². The molecule has 2 aliphatic carbocycles. The van der Waals surface area contributed by atoms with Gasteiger partial charge in [0.2, 0.25) is 5.91 Å². The van der Waals surface area contributed by atoms with Crippen LogP contribution in [0.2, 0.25) is 0 Å². The molecule has 2 unspecified atom stereocenters. The molecule has 2 fully saturated rings. The lowest BCUT2D eigenvalue weighted by atomic mass is 10.0. The zero-order valence-electron chi connectivity index (χ0n) is 10.1. The fraction of sp³-hybridized carbons (Fsp3) is 0.818. The zero-order valence-corrected chi connectivity index (χ0v) is 10.9. The minimum Gasteiger partial charge on any atom is -0.352 e. The number of rotatable bonds is 5. The molecule has 0 bridgehead atoms. The molecule has 1 amide bonds. The van der Waals surface area contributed by atoms with Crippen LogP contribution in [-0.2, 0) is 4.79 Å². The fourth-order valence-corrected chi connectivity index (χ4v) is 3.38. The van der Waals surface area contributed by atoms with Crippen molar-refractivity contribution in [3.05, 3.63) is 5.82 Å². The normalized spacial score (nSPS) is 27.3. The minimum absolute atomic E-state index is 0.146. The molecule has 7 heteroatoms. The van der Waals surface area contributed by atoms with Crippen molar-refractivity contribution < 1.29 is 4.79 Å². The third-order valence-electron chi connectivity index (χ3n) is 3.53. The van der Waals surface area contributed by atoms with E-state index in [4.69, 9.17) is 0 Å². The number of thioether (sulfide) groups is 1. The second kappa shape index (κ2) is 5.26. The summed E-state index contributed by atoms with van der Waals surface area (Å²) >= 11 is 1.77. The first-order valence-corrected chi connectivity index (χ1v) is 7.52. The van der Waals surface area contributed by atoms with Crippen molar-refractivity contribution in [2.24, 2.45) is 0 Å². The Labute approximate surface area is 110 Å². The maximum atomic E-state index is 11.9. The van der Waals surface area contributed by atoms with E-state index in [1.807, 2.05) is 0 Å². The van der Waals surface area contributed by atoms with Gasteiger partial charge in [0, 0.05) is 17.2 Å². The Kier molecular flexibility index (Phi) is 3.49. The van der Waals surface area contributed by atoms with Gasteiger partial charge in [-0.2, -0.15) is 5.21 Å². The van der Waals surface area contributed by atoms with Crippen LogP contribution in [0.3, 0.4) is 0 Å². The molecule has 2 atom stereocenters. The number of hydrogen-bond acceptors (Lipinski definition) is 5. The van der Waals surface area contributed by atoms with Crippen LogP contribution in [0.15, 0.2) is 0 Å². The third kappa shape index (κ3) is 2.82. The molecule has 2 saturated carbocycles. The van der Waals surface area contributed by atoms with Gasteiger partial charge >= 0.3 is 0 Å². The topological polar surface area (TPSA) is 83.6 Å². The second-order valence-corrected chi connectivity index (χ2v) is 6.28. The first kappa shape index (κ1) is 12.0. The number of carbonyl (C=O) groups is 1. The first-order valence-electron chi connectivity index (χ1n) is 6.47. The molecule has 0 saturated heterocycles. The summed E-state index contributed by atoms with van der Waals surface area (Å²) in [5.41, 5.74) is 0. The molecule has 2 aliphatic rings. The molecule has 98 valence electrons. The van der Waals surface area contributed by atoms with E-state index in [9.17, 15) is 4.79 Å². The van der Waals surface area contributed by atoms with E-state index in [-0.39, 0.29) is 17.9 Å². The monoisotopic (exact) mass is 267 g/mol. The van der Waals surface area contributed by atoms with Crippen LogP contribution < -0.4 is 5.32 Å². The lowest BCUT2D eigenvalue weighted by Crippen LogP contribution is -2.38. The summed E-state index contributed by atoms with van der Waals surface area (Å²) in [5, 5.41) is 18.0. The molecule has 3 rings (SSSR count). The summed E-state index contributed by atoms with van der Waals surface area (Å²) in [4.78, 5) is 11.9. The van der Waals surface area contributed by atoms with Gasteiger partial charge in [-0.15, -0.1) is 22.0 Å². The molecule has 0 aromatic carbocycles.